The molecule has 2 amide bonds. The minimum Gasteiger partial charge on any atom is -0.478 e. The highest BCUT2D eigenvalue weighted by molar-refractivity contribution is 5.96. The van der Waals surface area contributed by atoms with Gasteiger partial charge in [0.15, 0.2) is 0 Å². The molecule has 0 radical (unpaired) electrons. The number of nitrogens with one attached hydrogen (secondary N) is 2. The first-order chi connectivity index (χ1) is 10.0. The van der Waals surface area contributed by atoms with E-state index in [1.54, 1.807) is 7.11 Å². The summed E-state index contributed by atoms with van der Waals surface area (Å²) in [7, 11) is 1.54. The van der Waals surface area contributed by atoms with Crippen LogP contribution in [0.5, 0.6) is 0 Å². The van der Waals surface area contributed by atoms with Gasteiger partial charge in [-0.15, -0.1) is 0 Å². The lowest BCUT2D eigenvalue weighted by Crippen LogP contribution is -2.32. The largest absolute Gasteiger partial charge is 0.478 e. The molecule has 7 heteroatoms. The van der Waals surface area contributed by atoms with Crippen LogP contribution in [-0.2, 0) is 9.53 Å². The summed E-state index contributed by atoms with van der Waals surface area (Å²) in [4.78, 5) is 33.8. The average molecular weight is 294 g/mol. The molecule has 0 saturated carbocycles. The van der Waals surface area contributed by atoms with Crippen molar-refractivity contribution >= 4 is 17.8 Å². The Balaban J connectivity index is 2.33. The van der Waals surface area contributed by atoms with Crippen molar-refractivity contribution < 1.29 is 24.2 Å². The highest BCUT2D eigenvalue weighted by Crippen LogP contribution is 2.04. The molecule has 21 heavy (non-hydrogen) atoms. The number of carbonyl (C=O) groups excluding carboxylic acids is 2. The summed E-state index contributed by atoms with van der Waals surface area (Å²) in [5, 5.41) is 14.0. The molecular formula is C14H18N2O5. The van der Waals surface area contributed by atoms with Crippen molar-refractivity contribution in [1.29, 1.82) is 0 Å². The Morgan fingerprint density at radius 2 is 1.67 bits per heavy atom. The molecule has 0 atom stereocenters. The number of methoxy groups -OCH3 is 1. The molecule has 0 fully saturated rings. The molecule has 3 N–H and O–H groups in total. The Labute approximate surface area is 122 Å². The van der Waals surface area contributed by atoms with Crippen LogP contribution in [0.2, 0.25) is 0 Å². The second kappa shape index (κ2) is 8.70. The first-order valence-electron chi connectivity index (χ1n) is 6.41. The van der Waals surface area contributed by atoms with E-state index in [1.807, 2.05) is 0 Å². The Hall–Kier alpha value is -2.41. The van der Waals surface area contributed by atoms with E-state index in [0.717, 1.165) is 0 Å². The van der Waals surface area contributed by atoms with Crippen LogP contribution in [-0.4, -0.2) is 49.7 Å². The Morgan fingerprint density at radius 3 is 2.24 bits per heavy atom. The van der Waals surface area contributed by atoms with Crippen LogP contribution in [0.25, 0.3) is 0 Å². The van der Waals surface area contributed by atoms with Gasteiger partial charge < -0.3 is 20.5 Å². The van der Waals surface area contributed by atoms with Crippen molar-refractivity contribution in [2.45, 2.75) is 6.42 Å². The predicted molar refractivity (Wildman–Crippen MR) is 75.2 cm³/mol. The van der Waals surface area contributed by atoms with Gasteiger partial charge in [0.25, 0.3) is 5.91 Å². The van der Waals surface area contributed by atoms with Crippen molar-refractivity contribution in [2.75, 3.05) is 26.8 Å². The third kappa shape index (κ3) is 6.05. The number of amides is 2. The van der Waals surface area contributed by atoms with Crippen molar-refractivity contribution in [3.05, 3.63) is 35.4 Å². The summed E-state index contributed by atoms with van der Waals surface area (Å²) in [5.74, 6) is -1.57. The number of carboxylic acid groups (broad SMARTS) is 1. The minimum absolute atomic E-state index is 0.115. The van der Waals surface area contributed by atoms with Gasteiger partial charge in [0.1, 0.15) is 0 Å². The third-order valence-corrected chi connectivity index (χ3v) is 2.66. The van der Waals surface area contributed by atoms with Crippen LogP contribution in [0, 0.1) is 0 Å². The van der Waals surface area contributed by atoms with Crippen molar-refractivity contribution in [3.8, 4) is 0 Å². The fraction of sp³-hybridized carbons (Fsp3) is 0.357. The highest BCUT2D eigenvalue weighted by atomic mass is 16.5. The molecule has 0 aliphatic rings. The molecule has 0 bridgehead atoms. The van der Waals surface area contributed by atoms with Crippen LogP contribution in [0.3, 0.4) is 0 Å². The molecule has 1 aromatic rings. The average Bonchev–Trinajstić information content (AvgIpc) is 2.47. The Morgan fingerprint density at radius 1 is 1.05 bits per heavy atom. The molecule has 1 rings (SSSR count). The monoisotopic (exact) mass is 294 g/mol. The zero-order valence-corrected chi connectivity index (χ0v) is 11.7. The van der Waals surface area contributed by atoms with Crippen LogP contribution in [0.15, 0.2) is 24.3 Å². The normalized spacial score (nSPS) is 9.95. The molecule has 0 aliphatic carbocycles. The fourth-order valence-corrected chi connectivity index (χ4v) is 1.54. The van der Waals surface area contributed by atoms with E-state index in [9.17, 15) is 14.4 Å². The lowest BCUT2D eigenvalue weighted by atomic mass is 10.1. The molecule has 0 saturated heterocycles. The summed E-state index contributed by atoms with van der Waals surface area (Å²) >= 11 is 0. The zero-order valence-electron chi connectivity index (χ0n) is 11.7. The first kappa shape index (κ1) is 16.6. The van der Waals surface area contributed by atoms with Crippen LogP contribution < -0.4 is 10.6 Å². The van der Waals surface area contributed by atoms with Gasteiger partial charge in [0, 0.05) is 32.2 Å². The highest BCUT2D eigenvalue weighted by Gasteiger charge is 2.08. The maximum Gasteiger partial charge on any atom is 0.335 e. The van der Waals surface area contributed by atoms with Crippen molar-refractivity contribution in [3.63, 3.8) is 0 Å². The topological polar surface area (TPSA) is 105 Å². The van der Waals surface area contributed by atoms with Gasteiger partial charge >= 0.3 is 5.97 Å². The number of carbonyl (C=O) groups is 3. The van der Waals surface area contributed by atoms with Gasteiger partial charge in [0.05, 0.1) is 12.2 Å². The molecule has 1 aromatic carbocycles. The van der Waals surface area contributed by atoms with E-state index in [4.69, 9.17) is 9.84 Å². The van der Waals surface area contributed by atoms with Gasteiger partial charge in [-0.05, 0) is 24.3 Å². The predicted octanol–water partition coefficient (Wildman–Crippen LogP) is 0.267. The zero-order chi connectivity index (χ0) is 15.7. The van der Waals surface area contributed by atoms with E-state index < -0.39 is 5.97 Å². The Kier molecular flexibility index (Phi) is 6.90. The summed E-state index contributed by atoms with van der Waals surface area (Å²) in [5.41, 5.74) is 0.462. The smallest absolute Gasteiger partial charge is 0.335 e. The molecule has 7 nitrogen and oxygen atoms in total. The Bertz CT molecular complexity index is 499. The third-order valence-electron chi connectivity index (χ3n) is 2.66. The number of ether oxygens (including phenoxy) is 1. The second-order valence-electron chi connectivity index (χ2n) is 4.23. The fourth-order valence-electron chi connectivity index (χ4n) is 1.54. The van der Waals surface area contributed by atoms with E-state index in [0.29, 0.717) is 18.7 Å². The minimum atomic E-state index is -1.05. The van der Waals surface area contributed by atoms with Crippen molar-refractivity contribution in [1.82, 2.24) is 10.6 Å². The maximum atomic E-state index is 11.8. The van der Waals surface area contributed by atoms with E-state index in [-0.39, 0.29) is 30.3 Å². The number of hydrogen-bond acceptors (Lipinski definition) is 4. The standard InChI is InChI=1S/C14H18N2O5/c1-21-9-8-15-12(17)6-7-16-13(18)10-2-4-11(5-3-10)14(19)20/h2-5H,6-9H2,1H3,(H,15,17)(H,16,18)(H,19,20). The molecule has 0 aliphatic heterocycles. The number of carboxylic acids is 1. The summed E-state index contributed by atoms with van der Waals surface area (Å²) in [6, 6.07) is 5.57. The van der Waals surface area contributed by atoms with Crippen molar-refractivity contribution in [2.24, 2.45) is 0 Å². The SMILES string of the molecule is COCCNC(=O)CCNC(=O)c1ccc(C(=O)O)cc1. The molecule has 0 aromatic heterocycles. The van der Waals surface area contributed by atoms with Crippen LogP contribution in [0.1, 0.15) is 27.1 Å². The molecule has 0 heterocycles. The van der Waals surface area contributed by atoms with E-state index >= 15 is 0 Å². The molecule has 0 spiro atoms. The summed E-state index contributed by atoms with van der Waals surface area (Å²) in [6.45, 7) is 1.08. The van der Waals surface area contributed by atoms with Gasteiger partial charge in [-0.1, -0.05) is 0 Å². The quantitative estimate of drug-likeness (QED) is 0.597. The number of rotatable bonds is 8. The van der Waals surface area contributed by atoms with Gasteiger partial charge in [-0.3, -0.25) is 9.59 Å². The molecular weight excluding hydrogens is 276 g/mol. The van der Waals surface area contributed by atoms with E-state index in [2.05, 4.69) is 10.6 Å². The molecule has 114 valence electrons. The number of benzene rings is 1. The molecule has 0 unspecified atom stereocenters. The number of aromatic carboxylic acids is 1. The van der Waals surface area contributed by atoms with Crippen LogP contribution >= 0.6 is 0 Å². The van der Waals surface area contributed by atoms with Crippen LogP contribution in [0.4, 0.5) is 0 Å². The lowest BCUT2D eigenvalue weighted by molar-refractivity contribution is -0.121. The van der Waals surface area contributed by atoms with Gasteiger partial charge in [0.2, 0.25) is 5.91 Å². The van der Waals surface area contributed by atoms with E-state index in [1.165, 1.54) is 24.3 Å². The van der Waals surface area contributed by atoms with Gasteiger partial charge in [-0.2, -0.15) is 0 Å². The number of hydrogen-bond donors (Lipinski definition) is 3. The summed E-state index contributed by atoms with van der Waals surface area (Å²) < 4.78 is 4.79. The summed E-state index contributed by atoms with van der Waals surface area (Å²) in [6.07, 6.45) is 0.169. The second-order valence-corrected chi connectivity index (χ2v) is 4.23. The van der Waals surface area contributed by atoms with Gasteiger partial charge in [-0.25, -0.2) is 4.79 Å². The lowest BCUT2D eigenvalue weighted by Gasteiger charge is -2.06. The maximum absolute atomic E-state index is 11.8. The first-order valence-corrected chi connectivity index (χ1v) is 6.41.